The van der Waals surface area contributed by atoms with E-state index in [2.05, 4.69) is 37.3 Å². The highest BCUT2D eigenvalue weighted by molar-refractivity contribution is 7.80. The molecule has 0 fully saturated rings. The van der Waals surface area contributed by atoms with Gasteiger partial charge in [0.05, 0.1) is 0 Å². The standard InChI is InChI=1S/C13H20N2OSSi/c1-18(2,3)7-6-16-10-15-5-4-11-8-12(17)9-14-13(11)15/h4-5,8-9,17H,6-7,10H2,1-3H3. The van der Waals surface area contributed by atoms with Gasteiger partial charge in [-0.25, -0.2) is 4.98 Å². The lowest BCUT2D eigenvalue weighted by atomic mass is 10.3. The summed E-state index contributed by atoms with van der Waals surface area (Å²) in [4.78, 5) is 5.27. The average molecular weight is 280 g/mol. The number of hydrogen-bond acceptors (Lipinski definition) is 3. The summed E-state index contributed by atoms with van der Waals surface area (Å²) in [6.45, 7) is 8.48. The molecule has 2 rings (SSSR count). The summed E-state index contributed by atoms with van der Waals surface area (Å²) in [5, 5.41) is 1.11. The van der Waals surface area contributed by atoms with Crippen molar-refractivity contribution >= 4 is 31.7 Å². The van der Waals surface area contributed by atoms with Crippen LogP contribution in [0.25, 0.3) is 11.0 Å². The van der Waals surface area contributed by atoms with Gasteiger partial charge in [-0.05, 0) is 18.2 Å². The predicted octanol–water partition coefficient (Wildman–Crippen LogP) is 3.64. The molecule has 0 radical (unpaired) electrons. The quantitative estimate of drug-likeness (QED) is 0.514. The van der Waals surface area contributed by atoms with E-state index in [1.54, 1.807) is 6.20 Å². The van der Waals surface area contributed by atoms with Crippen LogP contribution in [0.3, 0.4) is 0 Å². The zero-order chi connectivity index (χ0) is 13.2. The molecule has 5 heteroatoms. The molecular weight excluding hydrogens is 260 g/mol. The van der Waals surface area contributed by atoms with Crippen LogP contribution < -0.4 is 0 Å². The van der Waals surface area contributed by atoms with Crippen molar-refractivity contribution in [3.05, 3.63) is 24.5 Å². The number of pyridine rings is 1. The molecule has 0 saturated carbocycles. The predicted molar refractivity (Wildman–Crippen MR) is 81.1 cm³/mol. The summed E-state index contributed by atoms with van der Waals surface area (Å²) >= 11 is 4.29. The number of thiol groups is 1. The fraction of sp³-hybridized carbons (Fsp3) is 0.462. The Labute approximate surface area is 115 Å². The van der Waals surface area contributed by atoms with E-state index in [-0.39, 0.29) is 0 Å². The van der Waals surface area contributed by atoms with Crippen molar-refractivity contribution in [2.24, 2.45) is 0 Å². The second-order valence-corrected chi connectivity index (χ2v) is 11.9. The van der Waals surface area contributed by atoms with Crippen LogP contribution in [-0.2, 0) is 11.5 Å². The first kappa shape index (κ1) is 13.6. The second-order valence-electron chi connectivity index (χ2n) is 5.74. The molecule has 0 amide bonds. The third-order valence-corrected chi connectivity index (χ3v) is 4.76. The number of aromatic nitrogens is 2. The molecule has 0 aliphatic rings. The molecule has 98 valence electrons. The fourth-order valence-corrected chi connectivity index (χ4v) is 2.67. The average Bonchev–Trinajstić information content (AvgIpc) is 2.65. The van der Waals surface area contributed by atoms with Gasteiger partial charge in [0, 0.05) is 37.4 Å². The molecule has 0 saturated heterocycles. The van der Waals surface area contributed by atoms with Crippen LogP contribution in [0.15, 0.2) is 29.4 Å². The van der Waals surface area contributed by atoms with Crippen molar-refractivity contribution in [1.29, 1.82) is 0 Å². The van der Waals surface area contributed by atoms with Gasteiger partial charge in [-0.15, -0.1) is 12.6 Å². The fourth-order valence-electron chi connectivity index (χ4n) is 1.71. The van der Waals surface area contributed by atoms with Gasteiger partial charge < -0.3 is 9.30 Å². The molecule has 0 aliphatic carbocycles. The van der Waals surface area contributed by atoms with Crippen LogP contribution in [0, 0.1) is 0 Å². The molecule has 2 aromatic rings. The van der Waals surface area contributed by atoms with Crippen LogP contribution in [0.4, 0.5) is 0 Å². The maximum atomic E-state index is 5.73. The van der Waals surface area contributed by atoms with E-state index < -0.39 is 8.07 Å². The minimum absolute atomic E-state index is 0.576. The molecule has 2 aromatic heterocycles. The van der Waals surface area contributed by atoms with Gasteiger partial charge >= 0.3 is 0 Å². The van der Waals surface area contributed by atoms with Gasteiger partial charge in [-0.3, -0.25) is 0 Å². The first-order valence-electron chi connectivity index (χ1n) is 6.17. The lowest BCUT2D eigenvalue weighted by molar-refractivity contribution is 0.0899. The zero-order valence-electron chi connectivity index (χ0n) is 11.2. The summed E-state index contributed by atoms with van der Waals surface area (Å²) in [5.41, 5.74) is 0.959. The van der Waals surface area contributed by atoms with Crippen molar-refractivity contribution < 1.29 is 4.74 Å². The third-order valence-electron chi connectivity index (χ3n) is 2.81. The monoisotopic (exact) mass is 280 g/mol. The van der Waals surface area contributed by atoms with Crippen LogP contribution in [-0.4, -0.2) is 24.2 Å². The van der Waals surface area contributed by atoms with E-state index in [4.69, 9.17) is 4.74 Å². The normalized spacial score (nSPS) is 12.2. The van der Waals surface area contributed by atoms with Crippen molar-refractivity contribution in [2.45, 2.75) is 37.3 Å². The van der Waals surface area contributed by atoms with Crippen molar-refractivity contribution in [3.63, 3.8) is 0 Å². The van der Waals surface area contributed by atoms with E-state index >= 15 is 0 Å². The topological polar surface area (TPSA) is 27.1 Å². The zero-order valence-corrected chi connectivity index (χ0v) is 13.1. The summed E-state index contributed by atoms with van der Waals surface area (Å²) in [6, 6.07) is 5.26. The Morgan fingerprint density at radius 2 is 2.17 bits per heavy atom. The van der Waals surface area contributed by atoms with E-state index in [0.29, 0.717) is 6.73 Å². The maximum Gasteiger partial charge on any atom is 0.141 e. The molecule has 0 aromatic carbocycles. The molecule has 0 N–H and O–H groups in total. The largest absolute Gasteiger partial charge is 0.361 e. The Balaban J connectivity index is 1.96. The summed E-state index contributed by atoms with van der Waals surface area (Å²) in [7, 11) is -1.00. The number of ether oxygens (including phenoxy) is 1. The minimum atomic E-state index is -1.00. The second kappa shape index (κ2) is 5.46. The number of fused-ring (bicyclic) bond motifs is 1. The van der Waals surface area contributed by atoms with Gasteiger partial charge in [0.15, 0.2) is 0 Å². The highest BCUT2D eigenvalue weighted by Gasteiger charge is 2.12. The Morgan fingerprint density at radius 3 is 2.89 bits per heavy atom. The highest BCUT2D eigenvalue weighted by atomic mass is 32.1. The first-order chi connectivity index (χ1) is 8.46. The lowest BCUT2D eigenvalue weighted by Gasteiger charge is -2.15. The summed E-state index contributed by atoms with van der Waals surface area (Å²) in [6.07, 6.45) is 3.78. The van der Waals surface area contributed by atoms with Gasteiger partial charge in [0.25, 0.3) is 0 Å². The van der Waals surface area contributed by atoms with E-state index in [1.165, 1.54) is 6.04 Å². The molecule has 0 aliphatic heterocycles. The Morgan fingerprint density at radius 1 is 1.39 bits per heavy atom. The number of hydrogen-bond donors (Lipinski definition) is 1. The first-order valence-corrected chi connectivity index (χ1v) is 10.3. The molecule has 3 nitrogen and oxygen atoms in total. The van der Waals surface area contributed by atoms with Crippen molar-refractivity contribution in [3.8, 4) is 0 Å². The Bertz CT molecular complexity index is 533. The minimum Gasteiger partial charge on any atom is -0.361 e. The van der Waals surface area contributed by atoms with Crippen molar-refractivity contribution in [1.82, 2.24) is 9.55 Å². The van der Waals surface area contributed by atoms with E-state index in [9.17, 15) is 0 Å². The lowest BCUT2D eigenvalue weighted by Crippen LogP contribution is -2.22. The smallest absolute Gasteiger partial charge is 0.141 e. The maximum absolute atomic E-state index is 5.73. The molecule has 0 atom stereocenters. The van der Waals surface area contributed by atoms with Gasteiger partial charge in [0.2, 0.25) is 0 Å². The third kappa shape index (κ3) is 3.60. The van der Waals surface area contributed by atoms with Crippen LogP contribution in [0.1, 0.15) is 0 Å². The molecule has 0 unspecified atom stereocenters. The molecular formula is C13H20N2OSSi. The Kier molecular flexibility index (Phi) is 4.14. The summed E-state index contributed by atoms with van der Waals surface area (Å²) < 4.78 is 7.77. The SMILES string of the molecule is C[Si](C)(C)CCOCn1ccc2cc(S)cnc21. The Hall–Kier alpha value is -0.783. The van der Waals surface area contributed by atoms with Crippen LogP contribution >= 0.6 is 12.6 Å². The molecule has 0 spiro atoms. The molecule has 18 heavy (non-hydrogen) atoms. The van der Waals surface area contributed by atoms with E-state index in [0.717, 1.165) is 22.5 Å². The molecule has 0 bridgehead atoms. The van der Waals surface area contributed by atoms with Crippen LogP contribution in [0.2, 0.25) is 25.7 Å². The van der Waals surface area contributed by atoms with E-state index in [1.807, 2.05) is 22.9 Å². The van der Waals surface area contributed by atoms with Crippen molar-refractivity contribution in [2.75, 3.05) is 6.61 Å². The van der Waals surface area contributed by atoms with Gasteiger partial charge in [0.1, 0.15) is 12.4 Å². The van der Waals surface area contributed by atoms with Gasteiger partial charge in [-0.1, -0.05) is 19.6 Å². The summed E-state index contributed by atoms with van der Waals surface area (Å²) in [5.74, 6) is 0. The number of nitrogens with zero attached hydrogens (tertiary/aromatic N) is 2. The molecule has 2 heterocycles. The number of rotatable bonds is 5. The highest BCUT2D eigenvalue weighted by Crippen LogP contribution is 2.17. The van der Waals surface area contributed by atoms with Gasteiger partial charge in [-0.2, -0.15) is 0 Å². The van der Waals surface area contributed by atoms with Crippen LogP contribution in [0.5, 0.6) is 0 Å².